The summed E-state index contributed by atoms with van der Waals surface area (Å²) in [7, 11) is 1.70. The van der Waals surface area contributed by atoms with Gasteiger partial charge in [-0.15, -0.1) is 0 Å². The molecular weight excluding hydrogens is 318 g/mol. The molecule has 6 nitrogen and oxygen atoms in total. The van der Waals surface area contributed by atoms with E-state index in [1.54, 1.807) is 14.0 Å². The van der Waals surface area contributed by atoms with E-state index in [1.165, 1.54) is 10.3 Å². The third-order valence-corrected chi connectivity index (χ3v) is 4.23. The molecule has 1 amide bonds. The molecule has 2 atom stereocenters. The van der Waals surface area contributed by atoms with Crippen LogP contribution < -0.4 is 5.32 Å². The summed E-state index contributed by atoms with van der Waals surface area (Å²) < 4.78 is 12.9. The van der Waals surface area contributed by atoms with Gasteiger partial charge in [-0.1, -0.05) is 23.3 Å². The molecule has 1 fully saturated rings. The number of nitrogens with one attached hydrogen (secondary N) is 1. The van der Waals surface area contributed by atoms with Crippen LogP contribution in [-0.4, -0.2) is 47.7 Å². The summed E-state index contributed by atoms with van der Waals surface area (Å²) in [5.41, 5.74) is 2.20. The minimum atomic E-state index is -0.260. The van der Waals surface area contributed by atoms with Gasteiger partial charge >= 0.3 is 0 Å². The summed E-state index contributed by atoms with van der Waals surface area (Å²) in [6.07, 6.45) is 2.70. The summed E-state index contributed by atoms with van der Waals surface area (Å²) in [4.78, 5) is 12.5. The first kappa shape index (κ1) is 18.0. The van der Waals surface area contributed by atoms with Gasteiger partial charge < -0.3 is 14.8 Å². The number of ether oxygens (including phenoxy) is 2. The van der Waals surface area contributed by atoms with Crippen LogP contribution in [0, 0.1) is 6.92 Å². The van der Waals surface area contributed by atoms with Gasteiger partial charge in [-0.2, -0.15) is 5.10 Å². The van der Waals surface area contributed by atoms with Crippen LogP contribution in [0.5, 0.6) is 0 Å². The first-order valence-corrected chi connectivity index (χ1v) is 8.10. The van der Waals surface area contributed by atoms with E-state index in [0.717, 1.165) is 6.42 Å². The van der Waals surface area contributed by atoms with Gasteiger partial charge in [-0.25, -0.2) is 0 Å². The third-order valence-electron chi connectivity index (χ3n) is 3.78. The topological polar surface area (TPSA) is 65.4 Å². The van der Waals surface area contributed by atoms with Crippen LogP contribution in [0.3, 0.4) is 0 Å². The Morgan fingerprint density at radius 2 is 2.30 bits per heavy atom. The van der Waals surface area contributed by atoms with Crippen molar-refractivity contribution < 1.29 is 14.3 Å². The highest BCUT2D eigenvalue weighted by Gasteiger charge is 2.30. The highest BCUT2D eigenvalue weighted by Crippen LogP contribution is 2.20. The van der Waals surface area contributed by atoms with Gasteiger partial charge in [0.15, 0.2) is 0 Å². The first-order chi connectivity index (χ1) is 10.9. The van der Waals surface area contributed by atoms with Crippen LogP contribution in [-0.2, 0) is 16.5 Å². The lowest BCUT2D eigenvalue weighted by Gasteiger charge is -2.31. The highest BCUT2D eigenvalue weighted by atomic mass is 35.5. The fourth-order valence-electron chi connectivity index (χ4n) is 2.51. The molecule has 0 aromatic carbocycles. The van der Waals surface area contributed by atoms with Gasteiger partial charge in [-0.05, 0) is 27.2 Å². The van der Waals surface area contributed by atoms with Crippen LogP contribution in [0.1, 0.15) is 36.5 Å². The number of rotatable bonds is 5. The Labute approximate surface area is 141 Å². The lowest BCUT2D eigenvalue weighted by molar-refractivity contribution is -0.0458. The summed E-state index contributed by atoms with van der Waals surface area (Å²) in [6.45, 7) is 7.43. The lowest BCUT2D eigenvalue weighted by Crippen LogP contribution is -2.51. The van der Waals surface area contributed by atoms with Crippen LogP contribution in [0.25, 0.3) is 0 Å². The molecule has 0 unspecified atom stereocenters. The zero-order valence-corrected chi connectivity index (χ0v) is 14.8. The Bertz CT molecular complexity index is 594. The SMILES string of the molecule is CC(C)=CCO[C@@H]1CCOC[C@@H]1NC(=O)c1c(Cl)c(C)nn1C. The third kappa shape index (κ3) is 4.56. The predicted octanol–water partition coefficient (Wildman–Crippen LogP) is 2.25. The molecule has 23 heavy (non-hydrogen) atoms. The van der Waals surface area contributed by atoms with Crippen molar-refractivity contribution in [1.29, 1.82) is 0 Å². The maximum atomic E-state index is 12.5. The average molecular weight is 342 g/mol. The fraction of sp³-hybridized carbons (Fsp3) is 0.625. The minimum Gasteiger partial charge on any atom is -0.379 e. The molecule has 0 aliphatic carbocycles. The maximum absolute atomic E-state index is 12.5. The van der Waals surface area contributed by atoms with E-state index in [2.05, 4.69) is 10.4 Å². The molecule has 7 heteroatoms. The van der Waals surface area contributed by atoms with Crippen molar-refractivity contribution in [3.63, 3.8) is 0 Å². The molecule has 1 saturated heterocycles. The van der Waals surface area contributed by atoms with E-state index in [4.69, 9.17) is 21.1 Å². The number of allylic oxidation sites excluding steroid dienone is 1. The van der Waals surface area contributed by atoms with Gasteiger partial charge in [-0.3, -0.25) is 9.48 Å². The smallest absolute Gasteiger partial charge is 0.271 e. The van der Waals surface area contributed by atoms with Crippen LogP contribution >= 0.6 is 11.6 Å². The number of halogens is 1. The van der Waals surface area contributed by atoms with Crippen molar-refractivity contribution in [3.8, 4) is 0 Å². The predicted molar refractivity (Wildman–Crippen MR) is 88.8 cm³/mol. The molecule has 128 valence electrons. The average Bonchev–Trinajstić information content (AvgIpc) is 2.73. The second kappa shape index (κ2) is 7.95. The fourth-order valence-corrected chi connectivity index (χ4v) is 2.75. The molecule has 0 spiro atoms. The quantitative estimate of drug-likeness (QED) is 0.834. The Kier molecular flexibility index (Phi) is 6.21. The zero-order valence-electron chi connectivity index (χ0n) is 14.1. The molecule has 1 aromatic rings. The number of aromatic nitrogens is 2. The summed E-state index contributed by atoms with van der Waals surface area (Å²) >= 11 is 6.17. The number of hydrogen-bond donors (Lipinski definition) is 1. The molecule has 2 heterocycles. The van der Waals surface area contributed by atoms with Gasteiger partial charge in [0, 0.05) is 13.7 Å². The van der Waals surface area contributed by atoms with Crippen molar-refractivity contribution in [1.82, 2.24) is 15.1 Å². The first-order valence-electron chi connectivity index (χ1n) is 7.72. The number of aryl methyl sites for hydroxylation is 2. The summed E-state index contributed by atoms with van der Waals surface area (Å²) in [5.74, 6) is -0.260. The zero-order chi connectivity index (χ0) is 17.0. The molecule has 0 bridgehead atoms. The highest BCUT2D eigenvalue weighted by molar-refractivity contribution is 6.34. The number of carbonyl (C=O) groups excluding carboxylic acids is 1. The van der Waals surface area contributed by atoms with Crippen LogP contribution in [0.2, 0.25) is 5.02 Å². The van der Waals surface area contributed by atoms with E-state index in [0.29, 0.717) is 36.2 Å². The van der Waals surface area contributed by atoms with Crippen molar-refractivity contribution in [2.24, 2.45) is 7.05 Å². The standard InChI is InChI=1S/C16H24ClN3O3/c1-10(2)5-8-23-13-6-7-22-9-12(13)18-16(21)15-14(17)11(3)19-20(15)4/h5,12-13H,6-9H2,1-4H3,(H,18,21)/t12-,13+/m0/s1. The van der Waals surface area contributed by atoms with Gasteiger partial charge in [0.1, 0.15) is 5.69 Å². The maximum Gasteiger partial charge on any atom is 0.271 e. The Balaban J connectivity index is 2.03. The van der Waals surface area contributed by atoms with Crippen molar-refractivity contribution in [3.05, 3.63) is 28.1 Å². The number of hydrogen-bond acceptors (Lipinski definition) is 4. The van der Waals surface area contributed by atoms with Crippen molar-refractivity contribution in [2.75, 3.05) is 19.8 Å². The Hall–Kier alpha value is -1.37. The lowest BCUT2D eigenvalue weighted by atomic mass is 10.1. The molecule has 0 radical (unpaired) electrons. The second-order valence-corrected chi connectivity index (χ2v) is 6.35. The van der Waals surface area contributed by atoms with E-state index < -0.39 is 0 Å². The molecular formula is C16H24ClN3O3. The normalized spacial score (nSPS) is 21.1. The summed E-state index contributed by atoms with van der Waals surface area (Å²) in [5, 5.41) is 7.51. The van der Waals surface area contributed by atoms with Gasteiger partial charge in [0.2, 0.25) is 0 Å². The molecule has 1 aromatic heterocycles. The van der Waals surface area contributed by atoms with Crippen LogP contribution in [0.4, 0.5) is 0 Å². The molecule has 1 aliphatic rings. The Morgan fingerprint density at radius 1 is 1.57 bits per heavy atom. The Morgan fingerprint density at radius 3 is 2.91 bits per heavy atom. The molecule has 1 N–H and O–H groups in total. The monoisotopic (exact) mass is 341 g/mol. The van der Waals surface area contributed by atoms with Gasteiger partial charge in [0.05, 0.1) is 36.1 Å². The van der Waals surface area contributed by atoms with Gasteiger partial charge in [0.25, 0.3) is 5.91 Å². The van der Waals surface area contributed by atoms with E-state index >= 15 is 0 Å². The minimum absolute atomic E-state index is 0.0728. The molecule has 2 rings (SSSR count). The van der Waals surface area contributed by atoms with Crippen LogP contribution in [0.15, 0.2) is 11.6 Å². The molecule has 1 aliphatic heterocycles. The molecule has 0 saturated carbocycles. The number of carbonyl (C=O) groups is 1. The van der Waals surface area contributed by atoms with E-state index in [-0.39, 0.29) is 18.1 Å². The number of amides is 1. The van der Waals surface area contributed by atoms with E-state index in [1.807, 2.05) is 19.9 Å². The number of nitrogens with zero attached hydrogens (tertiary/aromatic N) is 2. The summed E-state index contributed by atoms with van der Waals surface area (Å²) in [6, 6.07) is -0.201. The second-order valence-electron chi connectivity index (χ2n) is 5.97. The van der Waals surface area contributed by atoms with Crippen molar-refractivity contribution >= 4 is 17.5 Å². The van der Waals surface area contributed by atoms with E-state index in [9.17, 15) is 4.79 Å². The van der Waals surface area contributed by atoms with Crippen molar-refractivity contribution in [2.45, 2.75) is 39.3 Å². The largest absolute Gasteiger partial charge is 0.379 e.